The van der Waals surface area contributed by atoms with Crippen molar-refractivity contribution in [1.82, 2.24) is 0 Å². The number of aliphatic hydroxyl groups excluding tert-OH is 3. The molecule has 0 aliphatic rings. The molecule has 0 aromatic heterocycles. The molecule has 0 saturated carbocycles. The standard InChI is InChI=1S/C9H16O2.C5H10O3.C2H6O2/c1-7(2)8(10)11-6-9(3,4)5;1-5(2,3-6)4(7)8;3-1-2-4/h1,6H2,2-5H3;6H,3H2,1-2H3,(H,7,8);3-4H,1-2H2. The van der Waals surface area contributed by atoms with Crippen LogP contribution in [0.5, 0.6) is 0 Å². The van der Waals surface area contributed by atoms with Crippen molar-refractivity contribution in [1.29, 1.82) is 0 Å². The van der Waals surface area contributed by atoms with E-state index in [1.54, 1.807) is 6.92 Å². The van der Waals surface area contributed by atoms with E-state index in [-0.39, 0.29) is 31.2 Å². The summed E-state index contributed by atoms with van der Waals surface area (Å²) in [5.74, 6) is -1.28. The number of carboxylic acids is 1. The van der Waals surface area contributed by atoms with E-state index >= 15 is 0 Å². The second-order valence-electron chi connectivity index (χ2n) is 6.71. The van der Waals surface area contributed by atoms with Crippen LogP contribution in [0.4, 0.5) is 0 Å². The molecule has 0 saturated heterocycles. The van der Waals surface area contributed by atoms with Gasteiger partial charge in [0.1, 0.15) is 0 Å². The van der Waals surface area contributed by atoms with Gasteiger partial charge in [-0.25, -0.2) is 4.79 Å². The molecule has 23 heavy (non-hydrogen) atoms. The zero-order valence-electron chi connectivity index (χ0n) is 15.0. The molecule has 0 aliphatic carbocycles. The lowest BCUT2D eigenvalue weighted by atomic mass is 9.96. The van der Waals surface area contributed by atoms with Gasteiger partial charge in [0.25, 0.3) is 0 Å². The maximum absolute atomic E-state index is 10.9. The molecule has 0 heterocycles. The predicted octanol–water partition coefficient (Wildman–Crippen LogP) is 1.21. The molecule has 0 bridgehead atoms. The maximum Gasteiger partial charge on any atom is 0.333 e. The molecule has 7 heteroatoms. The number of hydrogen-bond acceptors (Lipinski definition) is 6. The van der Waals surface area contributed by atoms with Gasteiger partial charge in [0.05, 0.1) is 31.8 Å². The van der Waals surface area contributed by atoms with Crippen molar-refractivity contribution in [3.05, 3.63) is 12.2 Å². The zero-order valence-corrected chi connectivity index (χ0v) is 15.0. The maximum atomic E-state index is 10.9. The first-order valence-electron chi connectivity index (χ1n) is 7.13. The smallest absolute Gasteiger partial charge is 0.333 e. The monoisotopic (exact) mass is 336 g/mol. The molecule has 7 nitrogen and oxygen atoms in total. The normalized spacial score (nSPS) is 10.5. The largest absolute Gasteiger partial charge is 0.481 e. The van der Waals surface area contributed by atoms with Crippen LogP contribution in [-0.4, -0.2) is 58.8 Å². The molecular weight excluding hydrogens is 304 g/mol. The number of carbonyl (C=O) groups is 2. The Morgan fingerprint density at radius 2 is 1.39 bits per heavy atom. The van der Waals surface area contributed by atoms with Crippen molar-refractivity contribution in [3.8, 4) is 0 Å². The Morgan fingerprint density at radius 1 is 1.00 bits per heavy atom. The highest BCUT2D eigenvalue weighted by Gasteiger charge is 2.25. The van der Waals surface area contributed by atoms with Crippen LogP contribution in [0.1, 0.15) is 41.5 Å². The summed E-state index contributed by atoms with van der Waals surface area (Å²) >= 11 is 0. The van der Waals surface area contributed by atoms with Crippen LogP contribution in [0.3, 0.4) is 0 Å². The summed E-state index contributed by atoms with van der Waals surface area (Å²) in [4.78, 5) is 21.0. The minimum atomic E-state index is -0.986. The lowest BCUT2D eigenvalue weighted by molar-refractivity contribution is -0.149. The lowest BCUT2D eigenvalue weighted by Crippen LogP contribution is -2.27. The summed E-state index contributed by atoms with van der Waals surface area (Å²) in [5, 5.41) is 31.9. The number of esters is 1. The SMILES string of the molecule is C=C(C)C(=O)OCC(C)(C)C.CC(C)(CO)C(=O)O.OCCO. The van der Waals surface area contributed by atoms with Gasteiger partial charge >= 0.3 is 11.9 Å². The van der Waals surface area contributed by atoms with Gasteiger partial charge in [-0.05, 0) is 26.2 Å². The van der Waals surface area contributed by atoms with Gasteiger partial charge in [0.15, 0.2) is 0 Å². The third-order valence-corrected chi connectivity index (χ3v) is 2.06. The van der Waals surface area contributed by atoms with Crippen molar-refractivity contribution >= 4 is 11.9 Å². The van der Waals surface area contributed by atoms with Gasteiger partial charge < -0.3 is 25.2 Å². The number of rotatable bonds is 5. The van der Waals surface area contributed by atoms with E-state index in [9.17, 15) is 9.59 Å². The van der Waals surface area contributed by atoms with Crippen molar-refractivity contribution in [2.75, 3.05) is 26.4 Å². The van der Waals surface area contributed by atoms with Crippen LogP contribution in [0.25, 0.3) is 0 Å². The lowest BCUT2D eigenvalue weighted by Gasteiger charge is -2.17. The quantitative estimate of drug-likeness (QED) is 0.439. The zero-order chi connectivity index (χ0) is 19.3. The van der Waals surface area contributed by atoms with Gasteiger partial charge in [-0.15, -0.1) is 0 Å². The molecule has 4 N–H and O–H groups in total. The first kappa shape index (κ1) is 26.5. The van der Waals surface area contributed by atoms with E-state index in [1.165, 1.54) is 13.8 Å². The molecule has 0 aromatic rings. The minimum Gasteiger partial charge on any atom is -0.481 e. The van der Waals surface area contributed by atoms with E-state index in [4.69, 9.17) is 25.2 Å². The molecule has 0 unspecified atom stereocenters. The van der Waals surface area contributed by atoms with Gasteiger partial charge in [0.2, 0.25) is 0 Å². The molecule has 0 fully saturated rings. The van der Waals surface area contributed by atoms with E-state index in [0.717, 1.165) is 0 Å². The van der Waals surface area contributed by atoms with Crippen molar-refractivity contribution in [2.45, 2.75) is 41.5 Å². The topological polar surface area (TPSA) is 124 Å². The van der Waals surface area contributed by atoms with Crippen LogP contribution >= 0.6 is 0 Å². The molecule has 0 atom stereocenters. The molecule has 0 spiro atoms. The number of aliphatic carboxylic acids is 1. The predicted molar refractivity (Wildman–Crippen MR) is 87.9 cm³/mol. The van der Waals surface area contributed by atoms with E-state index in [1.807, 2.05) is 20.8 Å². The van der Waals surface area contributed by atoms with Crippen LogP contribution in [0.2, 0.25) is 0 Å². The Kier molecular flexibility index (Phi) is 15.0. The fraction of sp³-hybridized carbons (Fsp3) is 0.750. The average molecular weight is 336 g/mol. The highest BCUT2D eigenvalue weighted by molar-refractivity contribution is 5.86. The van der Waals surface area contributed by atoms with Crippen LogP contribution in [0, 0.1) is 10.8 Å². The molecule has 0 radical (unpaired) electrons. The summed E-state index contributed by atoms with van der Waals surface area (Å²) in [6.07, 6.45) is 0. The van der Waals surface area contributed by atoms with Crippen molar-refractivity contribution in [2.24, 2.45) is 10.8 Å². The van der Waals surface area contributed by atoms with E-state index < -0.39 is 11.4 Å². The second kappa shape index (κ2) is 13.0. The van der Waals surface area contributed by atoms with Gasteiger partial charge in [-0.2, -0.15) is 0 Å². The number of hydrogen-bond donors (Lipinski definition) is 4. The fourth-order valence-corrected chi connectivity index (χ4v) is 0.473. The summed E-state index contributed by atoms with van der Waals surface area (Å²) < 4.78 is 4.93. The highest BCUT2D eigenvalue weighted by Crippen LogP contribution is 2.13. The number of ether oxygens (including phenoxy) is 1. The third kappa shape index (κ3) is 20.6. The first-order valence-corrected chi connectivity index (χ1v) is 7.13. The van der Waals surface area contributed by atoms with Crippen LogP contribution in [0.15, 0.2) is 12.2 Å². The fourth-order valence-electron chi connectivity index (χ4n) is 0.473. The Labute approximate surface area is 138 Å². The molecule has 0 aliphatic heterocycles. The van der Waals surface area contributed by atoms with Crippen molar-refractivity contribution < 1.29 is 34.8 Å². The highest BCUT2D eigenvalue weighted by atomic mass is 16.5. The molecule has 0 aromatic carbocycles. The summed E-state index contributed by atoms with van der Waals surface area (Å²) in [7, 11) is 0. The molecule has 0 amide bonds. The molecule has 0 rings (SSSR count). The summed E-state index contributed by atoms with van der Waals surface area (Å²) in [5.41, 5.74) is -0.500. The van der Waals surface area contributed by atoms with Gasteiger partial charge in [-0.3, -0.25) is 4.79 Å². The second-order valence-corrected chi connectivity index (χ2v) is 6.71. The van der Waals surface area contributed by atoms with Crippen LogP contribution in [-0.2, 0) is 14.3 Å². The Hall–Kier alpha value is -1.44. The summed E-state index contributed by atoms with van der Waals surface area (Å²) in [6, 6.07) is 0. The molecular formula is C16H32O7. The minimum absolute atomic E-state index is 0.0328. The number of carbonyl (C=O) groups excluding carboxylic acids is 1. The number of aliphatic hydroxyl groups is 3. The Bertz CT molecular complexity index is 352. The van der Waals surface area contributed by atoms with Crippen LogP contribution < -0.4 is 0 Å². The number of carboxylic acid groups (broad SMARTS) is 1. The first-order chi connectivity index (χ1) is 10.2. The molecule has 138 valence electrons. The van der Waals surface area contributed by atoms with Gasteiger partial charge in [-0.1, -0.05) is 27.4 Å². The average Bonchev–Trinajstić information content (AvgIpc) is 2.44. The van der Waals surface area contributed by atoms with E-state index in [2.05, 4.69) is 6.58 Å². The van der Waals surface area contributed by atoms with E-state index in [0.29, 0.717) is 12.2 Å². The van der Waals surface area contributed by atoms with Gasteiger partial charge in [0, 0.05) is 5.57 Å². The van der Waals surface area contributed by atoms with Crippen molar-refractivity contribution in [3.63, 3.8) is 0 Å². The Morgan fingerprint density at radius 3 is 1.52 bits per heavy atom. The summed E-state index contributed by atoms with van der Waals surface area (Å²) in [6.45, 7) is 14.0. The Balaban J connectivity index is -0.000000292. The third-order valence-electron chi connectivity index (χ3n) is 2.06.